The SMILES string of the molecule is C/C(O)=C(\N=Nc1ccc(S(=O)(=O)O)cc1C(=O)O)C(=O)Nc1ccc2[nH]c(=O)[nH]c2c1. The zero-order chi connectivity index (χ0) is 23.6. The molecule has 13 nitrogen and oxygen atoms in total. The summed E-state index contributed by atoms with van der Waals surface area (Å²) in [6, 6.07) is 7.03. The minimum Gasteiger partial charge on any atom is -0.510 e. The van der Waals surface area contributed by atoms with E-state index in [0.29, 0.717) is 17.1 Å². The van der Waals surface area contributed by atoms with Gasteiger partial charge in [0.15, 0.2) is 5.70 Å². The molecule has 0 aliphatic rings. The number of hydrogen-bond donors (Lipinski definition) is 6. The van der Waals surface area contributed by atoms with E-state index in [9.17, 15) is 33.0 Å². The number of rotatable bonds is 6. The van der Waals surface area contributed by atoms with Crippen LogP contribution in [-0.4, -0.2) is 45.0 Å². The van der Waals surface area contributed by atoms with Crippen molar-refractivity contribution in [1.82, 2.24) is 9.97 Å². The molecule has 14 heteroatoms. The number of amides is 1. The molecule has 2 aromatic carbocycles. The first-order valence-electron chi connectivity index (χ1n) is 8.65. The average Bonchev–Trinajstić information content (AvgIpc) is 3.06. The van der Waals surface area contributed by atoms with Gasteiger partial charge >= 0.3 is 11.7 Å². The fourth-order valence-electron chi connectivity index (χ4n) is 2.62. The van der Waals surface area contributed by atoms with E-state index in [1.807, 2.05) is 0 Å². The van der Waals surface area contributed by atoms with Crippen LogP contribution in [0.3, 0.4) is 0 Å². The molecule has 0 fully saturated rings. The Morgan fingerprint density at radius 2 is 1.72 bits per heavy atom. The highest BCUT2D eigenvalue weighted by Gasteiger charge is 2.18. The minimum atomic E-state index is -4.66. The number of hydrogen-bond acceptors (Lipinski definition) is 8. The number of aromatic amines is 2. The number of aromatic carboxylic acids is 1. The largest absolute Gasteiger partial charge is 0.510 e. The van der Waals surface area contributed by atoms with Crippen LogP contribution < -0.4 is 11.0 Å². The smallest absolute Gasteiger partial charge is 0.338 e. The molecule has 32 heavy (non-hydrogen) atoms. The first kappa shape index (κ1) is 22.4. The van der Waals surface area contributed by atoms with Gasteiger partial charge in [-0.15, -0.1) is 10.2 Å². The van der Waals surface area contributed by atoms with Crippen LogP contribution in [0.4, 0.5) is 11.4 Å². The fraction of sp³-hybridized carbons (Fsp3) is 0.0556. The minimum absolute atomic E-state index is 0.260. The third-order valence-electron chi connectivity index (χ3n) is 4.09. The molecule has 0 spiro atoms. The van der Waals surface area contributed by atoms with Crippen LogP contribution in [0.25, 0.3) is 11.0 Å². The Bertz CT molecular complexity index is 1460. The van der Waals surface area contributed by atoms with Crippen molar-refractivity contribution in [1.29, 1.82) is 0 Å². The lowest BCUT2D eigenvalue weighted by Gasteiger charge is -2.07. The third-order valence-corrected chi connectivity index (χ3v) is 4.94. The van der Waals surface area contributed by atoms with Crippen molar-refractivity contribution >= 4 is 44.4 Å². The maximum Gasteiger partial charge on any atom is 0.338 e. The number of carboxylic acid groups (broad SMARTS) is 1. The van der Waals surface area contributed by atoms with Crippen LogP contribution in [0, 0.1) is 0 Å². The normalized spacial score (nSPS) is 12.7. The van der Waals surface area contributed by atoms with E-state index in [0.717, 1.165) is 19.1 Å². The molecule has 166 valence electrons. The second-order valence-corrected chi connectivity index (χ2v) is 7.81. The topological polar surface area (TPSA) is 214 Å². The summed E-state index contributed by atoms with van der Waals surface area (Å²) in [4.78, 5) is 39.7. The Labute approximate surface area is 178 Å². The molecule has 3 aromatic rings. The van der Waals surface area contributed by atoms with Gasteiger partial charge in [0.2, 0.25) is 0 Å². The van der Waals surface area contributed by atoms with Gasteiger partial charge in [-0.3, -0.25) is 9.35 Å². The molecule has 3 rings (SSSR count). The molecule has 0 saturated carbocycles. The summed E-state index contributed by atoms with van der Waals surface area (Å²) in [5.74, 6) is -2.99. The first-order chi connectivity index (χ1) is 15.0. The van der Waals surface area contributed by atoms with Crippen LogP contribution in [-0.2, 0) is 14.9 Å². The number of aliphatic hydroxyl groups excluding tert-OH is 1. The third kappa shape index (κ3) is 4.88. The number of fused-ring (bicyclic) bond motifs is 1. The van der Waals surface area contributed by atoms with Crippen molar-refractivity contribution in [3.8, 4) is 0 Å². The van der Waals surface area contributed by atoms with Gasteiger partial charge in [-0.2, -0.15) is 8.42 Å². The van der Waals surface area contributed by atoms with E-state index in [2.05, 4.69) is 25.5 Å². The highest BCUT2D eigenvalue weighted by atomic mass is 32.2. The second kappa shape index (κ2) is 8.44. The standard InChI is InChI=1S/C18H15N5O8S/c1-8(24)15(16(25)19-9-2-4-13-14(6-9)21-18(28)20-13)23-22-12-5-3-10(32(29,30)31)7-11(12)17(26)27/h2-7,24H,1H3,(H,19,25)(H,26,27)(H2,20,21,28)(H,29,30,31)/b15-8+,23-22?. The number of nitrogens with zero attached hydrogens (tertiary/aromatic N) is 2. The van der Waals surface area contributed by atoms with Crippen molar-refractivity contribution in [2.75, 3.05) is 5.32 Å². The van der Waals surface area contributed by atoms with Gasteiger partial charge in [0.1, 0.15) is 11.4 Å². The zero-order valence-electron chi connectivity index (χ0n) is 16.1. The number of benzene rings is 2. The zero-order valence-corrected chi connectivity index (χ0v) is 17.0. The number of carbonyl (C=O) groups excluding carboxylic acids is 1. The van der Waals surface area contributed by atoms with Gasteiger partial charge in [-0.1, -0.05) is 0 Å². The Hall–Kier alpha value is -4.30. The number of aliphatic hydroxyl groups is 1. The number of nitrogens with one attached hydrogen (secondary N) is 3. The van der Waals surface area contributed by atoms with Crippen LogP contribution in [0.15, 0.2) is 67.8 Å². The van der Waals surface area contributed by atoms with E-state index < -0.39 is 49.6 Å². The maximum absolute atomic E-state index is 12.5. The van der Waals surface area contributed by atoms with Gasteiger partial charge < -0.3 is 25.5 Å². The van der Waals surface area contributed by atoms with E-state index >= 15 is 0 Å². The van der Waals surface area contributed by atoms with Crippen LogP contribution in [0.2, 0.25) is 0 Å². The molecule has 1 aromatic heterocycles. The predicted octanol–water partition coefficient (Wildman–Crippen LogP) is 2.31. The Kier molecular flexibility index (Phi) is 5.91. The van der Waals surface area contributed by atoms with Crippen molar-refractivity contribution in [3.63, 3.8) is 0 Å². The lowest BCUT2D eigenvalue weighted by molar-refractivity contribution is -0.113. The number of carbonyl (C=O) groups is 2. The molecule has 0 radical (unpaired) electrons. The molecule has 1 amide bonds. The summed E-state index contributed by atoms with van der Waals surface area (Å²) in [5, 5.41) is 28.8. The fourth-order valence-corrected chi connectivity index (χ4v) is 3.13. The first-order valence-corrected chi connectivity index (χ1v) is 10.1. The predicted molar refractivity (Wildman–Crippen MR) is 111 cm³/mol. The summed E-state index contributed by atoms with van der Waals surface area (Å²) in [5.41, 5.74) is -0.734. The average molecular weight is 461 g/mol. The highest BCUT2D eigenvalue weighted by molar-refractivity contribution is 7.85. The molecule has 1 heterocycles. The van der Waals surface area contributed by atoms with Gasteiger partial charge in [0.05, 0.1) is 21.5 Å². The van der Waals surface area contributed by atoms with Gasteiger partial charge in [0, 0.05) is 5.69 Å². The van der Waals surface area contributed by atoms with Crippen molar-refractivity contribution < 1.29 is 32.8 Å². The van der Waals surface area contributed by atoms with E-state index in [-0.39, 0.29) is 11.4 Å². The summed E-state index contributed by atoms with van der Waals surface area (Å²) in [7, 11) is -4.66. The molecule has 0 unspecified atom stereocenters. The number of H-pyrrole nitrogens is 2. The monoisotopic (exact) mass is 461 g/mol. The Morgan fingerprint density at radius 3 is 2.34 bits per heavy atom. The van der Waals surface area contributed by atoms with Crippen molar-refractivity contribution in [3.05, 3.63) is 63.9 Å². The maximum atomic E-state index is 12.5. The summed E-state index contributed by atoms with van der Waals surface area (Å²) < 4.78 is 31.5. The molecular weight excluding hydrogens is 446 g/mol. The molecule has 0 saturated heterocycles. The molecule has 6 N–H and O–H groups in total. The number of aromatic nitrogens is 2. The highest BCUT2D eigenvalue weighted by Crippen LogP contribution is 2.25. The number of carboxylic acids is 1. The second-order valence-electron chi connectivity index (χ2n) is 6.39. The van der Waals surface area contributed by atoms with Gasteiger partial charge in [0.25, 0.3) is 16.0 Å². The number of imidazole rings is 1. The van der Waals surface area contributed by atoms with Crippen LogP contribution >= 0.6 is 0 Å². The molecule has 0 bridgehead atoms. The summed E-state index contributed by atoms with van der Waals surface area (Å²) >= 11 is 0. The van der Waals surface area contributed by atoms with Crippen LogP contribution in [0.1, 0.15) is 17.3 Å². The van der Waals surface area contributed by atoms with Gasteiger partial charge in [-0.25, -0.2) is 9.59 Å². The Balaban J connectivity index is 1.90. The van der Waals surface area contributed by atoms with Crippen molar-refractivity contribution in [2.24, 2.45) is 10.2 Å². The number of azo groups is 1. The summed E-state index contributed by atoms with van der Waals surface area (Å²) in [6.07, 6.45) is 0. The van der Waals surface area contributed by atoms with E-state index in [4.69, 9.17) is 4.55 Å². The quantitative estimate of drug-likeness (QED) is 0.138. The molecule has 0 atom stereocenters. The molecule has 0 aliphatic heterocycles. The van der Waals surface area contributed by atoms with E-state index in [1.54, 1.807) is 0 Å². The summed E-state index contributed by atoms with van der Waals surface area (Å²) in [6.45, 7) is 1.15. The Morgan fingerprint density at radius 1 is 1.03 bits per heavy atom. The van der Waals surface area contributed by atoms with Crippen LogP contribution in [0.5, 0.6) is 0 Å². The molecule has 0 aliphatic carbocycles. The number of anilines is 1. The van der Waals surface area contributed by atoms with Gasteiger partial charge in [-0.05, 0) is 43.3 Å². The number of allylic oxidation sites excluding steroid dienone is 1. The lowest BCUT2D eigenvalue weighted by atomic mass is 10.2. The van der Waals surface area contributed by atoms with E-state index in [1.165, 1.54) is 18.2 Å². The van der Waals surface area contributed by atoms with Crippen molar-refractivity contribution in [2.45, 2.75) is 11.8 Å². The lowest BCUT2D eigenvalue weighted by Crippen LogP contribution is -2.14. The molecular formula is C18H15N5O8S.